The number of hydrogen-bond acceptors (Lipinski definition) is 3. The van der Waals surface area contributed by atoms with Crippen LogP contribution in [0.15, 0.2) is 54.6 Å². The second-order valence-corrected chi connectivity index (χ2v) is 5.30. The van der Waals surface area contributed by atoms with Crippen LogP contribution in [0, 0.1) is 0 Å². The van der Waals surface area contributed by atoms with Crippen LogP contribution in [0.2, 0.25) is 0 Å². The standard InChI is InChI=1S/C20H23NO3/c1-4-16(17-8-6-5-7-9-17)13-20(22)21-14-15-10-11-18(23-2)19(12-15)24-3/h5-13H,4,14H2,1-3H3,(H,21,22)/b16-13+. The second-order valence-electron chi connectivity index (χ2n) is 5.30. The highest BCUT2D eigenvalue weighted by molar-refractivity contribution is 5.95. The Kier molecular flexibility index (Phi) is 6.43. The van der Waals surface area contributed by atoms with E-state index in [0.717, 1.165) is 23.1 Å². The zero-order chi connectivity index (χ0) is 17.4. The Labute approximate surface area is 143 Å². The molecule has 2 rings (SSSR count). The van der Waals surface area contributed by atoms with Crippen LogP contribution in [-0.2, 0) is 11.3 Å². The van der Waals surface area contributed by atoms with Gasteiger partial charge in [0.05, 0.1) is 14.2 Å². The number of nitrogens with one attached hydrogen (secondary N) is 1. The summed E-state index contributed by atoms with van der Waals surface area (Å²) in [5.74, 6) is 1.22. The van der Waals surface area contributed by atoms with Crippen LogP contribution in [-0.4, -0.2) is 20.1 Å². The lowest BCUT2D eigenvalue weighted by Crippen LogP contribution is -2.20. The van der Waals surface area contributed by atoms with E-state index in [1.54, 1.807) is 20.3 Å². The van der Waals surface area contributed by atoms with Gasteiger partial charge in [-0.3, -0.25) is 4.79 Å². The minimum Gasteiger partial charge on any atom is -0.493 e. The summed E-state index contributed by atoms with van der Waals surface area (Å²) in [5, 5.41) is 2.91. The molecule has 24 heavy (non-hydrogen) atoms. The van der Waals surface area contributed by atoms with Gasteiger partial charge in [0.15, 0.2) is 11.5 Å². The maximum atomic E-state index is 12.2. The maximum absolute atomic E-state index is 12.2. The van der Waals surface area contributed by atoms with Gasteiger partial charge in [-0.25, -0.2) is 0 Å². The first-order chi connectivity index (χ1) is 11.7. The molecule has 2 aromatic carbocycles. The van der Waals surface area contributed by atoms with E-state index in [9.17, 15) is 4.79 Å². The molecular formula is C20H23NO3. The molecule has 4 heteroatoms. The largest absolute Gasteiger partial charge is 0.493 e. The van der Waals surface area contributed by atoms with Gasteiger partial charge >= 0.3 is 0 Å². The third-order valence-electron chi connectivity index (χ3n) is 3.75. The molecular weight excluding hydrogens is 302 g/mol. The van der Waals surface area contributed by atoms with E-state index in [-0.39, 0.29) is 5.91 Å². The van der Waals surface area contributed by atoms with Gasteiger partial charge < -0.3 is 14.8 Å². The molecule has 0 saturated carbocycles. The first-order valence-corrected chi connectivity index (χ1v) is 7.92. The van der Waals surface area contributed by atoms with Gasteiger partial charge in [-0.15, -0.1) is 0 Å². The summed E-state index contributed by atoms with van der Waals surface area (Å²) < 4.78 is 10.5. The number of rotatable bonds is 7. The van der Waals surface area contributed by atoms with Gasteiger partial charge in [0.25, 0.3) is 0 Å². The molecule has 0 aliphatic rings. The lowest BCUT2D eigenvalue weighted by atomic mass is 10.0. The quantitative estimate of drug-likeness (QED) is 0.787. The molecule has 0 saturated heterocycles. The molecule has 1 amide bonds. The van der Waals surface area contributed by atoms with E-state index in [2.05, 4.69) is 5.32 Å². The zero-order valence-electron chi connectivity index (χ0n) is 14.3. The third-order valence-corrected chi connectivity index (χ3v) is 3.75. The van der Waals surface area contributed by atoms with Crippen LogP contribution in [0.4, 0.5) is 0 Å². The summed E-state index contributed by atoms with van der Waals surface area (Å²) in [6, 6.07) is 15.5. The highest BCUT2D eigenvalue weighted by atomic mass is 16.5. The maximum Gasteiger partial charge on any atom is 0.244 e. The van der Waals surface area contributed by atoms with E-state index in [0.29, 0.717) is 18.0 Å². The summed E-state index contributed by atoms with van der Waals surface area (Å²) in [4.78, 5) is 12.2. The van der Waals surface area contributed by atoms with Crippen LogP contribution in [0.3, 0.4) is 0 Å². The predicted octanol–water partition coefficient (Wildman–Crippen LogP) is 3.81. The Bertz CT molecular complexity index is 708. The Morgan fingerprint density at radius 2 is 1.75 bits per heavy atom. The van der Waals surface area contributed by atoms with Crippen LogP contribution in [0.5, 0.6) is 11.5 Å². The van der Waals surface area contributed by atoms with Crippen molar-refractivity contribution in [1.82, 2.24) is 5.32 Å². The average Bonchev–Trinajstić information content (AvgIpc) is 2.64. The topological polar surface area (TPSA) is 47.6 Å². The molecule has 0 bridgehead atoms. The smallest absolute Gasteiger partial charge is 0.244 e. The number of methoxy groups -OCH3 is 2. The summed E-state index contributed by atoms with van der Waals surface area (Å²) in [5.41, 5.74) is 3.04. The normalized spacial score (nSPS) is 11.0. The number of allylic oxidation sites excluding steroid dienone is 1. The van der Waals surface area contributed by atoms with E-state index in [4.69, 9.17) is 9.47 Å². The van der Waals surface area contributed by atoms with Crippen molar-refractivity contribution in [3.8, 4) is 11.5 Å². The van der Waals surface area contributed by atoms with Gasteiger partial charge in [0.2, 0.25) is 5.91 Å². The van der Waals surface area contributed by atoms with Crippen molar-refractivity contribution in [1.29, 1.82) is 0 Å². The number of benzene rings is 2. The Hall–Kier alpha value is -2.75. The number of amides is 1. The third kappa shape index (κ3) is 4.62. The molecule has 0 aliphatic heterocycles. The zero-order valence-corrected chi connectivity index (χ0v) is 14.3. The summed E-state index contributed by atoms with van der Waals surface area (Å²) in [7, 11) is 3.19. The molecule has 0 heterocycles. The van der Waals surface area contributed by atoms with Crippen molar-refractivity contribution in [3.05, 3.63) is 65.7 Å². The van der Waals surface area contributed by atoms with Gasteiger partial charge in [0.1, 0.15) is 0 Å². The molecule has 2 aromatic rings. The average molecular weight is 325 g/mol. The fourth-order valence-electron chi connectivity index (χ4n) is 2.43. The first kappa shape index (κ1) is 17.6. The molecule has 1 N–H and O–H groups in total. The van der Waals surface area contributed by atoms with Gasteiger partial charge in [-0.05, 0) is 35.3 Å². The van der Waals surface area contributed by atoms with E-state index >= 15 is 0 Å². The molecule has 0 unspecified atom stereocenters. The van der Waals surface area contributed by atoms with Crippen LogP contribution >= 0.6 is 0 Å². The first-order valence-electron chi connectivity index (χ1n) is 7.92. The number of hydrogen-bond donors (Lipinski definition) is 1. The molecule has 0 aliphatic carbocycles. The molecule has 0 atom stereocenters. The van der Waals surface area contributed by atoms with Crippen molar-refractivity contribution >= 4 is 11.5 Å². The number of carbonyl (C=O) groups excluding carboxylic acids is 1. The highest BCUT2D eigenvalue weighted by Gasteiger charge is 2.06. The fourth-order valence-corrected chi connectivity index (χ4v) is 2.43. The lowest BCUT2D eigenvalue weighted by Gasteiger charge is -2.10. The monoisotopic (exact) mass is 325 g/mol. The minimum absolute atomic E-state index is 0.106. The highest BCUT2D eigenvalue weighted by Crippen LogP contribution is 2.27. The Morgan fingerprint density at radius 1 is 1.04 bits per heavy atom. The van der Waals surface area contributed by atoms with Crippen molar-refractivity contribution in [3.63, 3.8) is 0 Å². The molecule has 4 nitrogen and oxygen atoms in total. The van der Waals surface area contributed by atoms with Crippen LogP contribution < -0.4 is 14.8 Å². The molecule has 0 aromatic heterocycles. The molecule has 126 valence electrons. The lowest BCUT2D eigenvalue weighted by molar-refractivity contribution is -0.116. The Morgan fingerprint density at radius 3 is 2.38 bits per heavy atom. The predicted molar refractivity (Wildman–Crippen MR) is 96.1 cm³/mol. The second kappa shape index (κ2) is 8.77. The van der Waals surface area contributed by atoms with Gasteiger partial charge in [-0.2, -0.15) is 0 Å². The van der Waals surface area contributed by atoms with E-state index in [1.807, 2.05) is 55.5 Å². The van der Waals surface area contributed by atoms with Crippen molar-refractivity contribution in [2.24, 2.45) is 0 Å². The SMILES string of the molecule is CC/C(=C\C(=O)NCc1ccc(OC)c(OC)c1)c1ccccc1. The Balaban J connectivity index is 2.03. The van der Waals surface area contributed by atoms with Crippen LogP contribution in [0.1, 0.15) is 24.5 Å². The van der Waals surface area contributed by atoms with Gasteiger partial charge in [0, 0.05) is 12.6 Å². The van der Waals surface area contributed by atoms with Crippen molar-refractivity contribution in [2.45, 2.75) is 19.9 Å². The number of ether oxygens (including phenoxy) is 2. The van der Waals surface area contributed by atoms with Crippen molar-refractivity contribution in [2.75, 3.05) is 14.2 Å². The summed E-state index contributed by atoms with van der Waals surface area (Å²) >= 11 is 0. The molecule has 0 radical (unpaired) electrons. The summed E-state index contributed by atoms with van der Waals surface area (Å²) in [6.07, 6.45) is 2.46. The van der Waals surface area contributed by atoms with E-state index in [1.165, 1.54) is 0 Å². The van der Waals surface area contributed by atoms with Crippen molar-refractivity contribution < 1.29 is 14.3 Å². The molecule has 0 spiro atoms. The fraction of sp³-hybridized carbons (Fsp3) is 0.250. The van der Waals surface area contributed by atoms with Gasteiger partial charge in [-0.1, -0.05) is 43.3 Å². The minimum atomic E-state index is -0.106. The summed E-state index contributed by atoms with van der Waals surface area (Å²) in [6.45, 7) is 2.47. The van der Waals surface area contributed by atoms with Crippen LogP contribution in [0.25, 0.3) is 5.57 Å². The molecule has 0 fully saturated rings. The number of carbonyl (C=O) groups is 1. The van der Waals surface area contributed by atoms with E-state index < -0.39 is 0 Å².